The molecule has 5 aliphatic rings. The number of likely N-dealkylation sites (N-methyl/N-ethyl adjacent to an activating group) is 1. The molecule has 9 unspecified atom stereocenters. The van der Waals surface area contributed by atoms with Crippen LogP contribution in [0.25, 0.3) is 22.4 Å². The number of nitrogens with one attached hydrogen (secondary N) is 1. The van der Waals surface area contributed by atoms with Crippen molar-refractivity contribution in [2.45, 2.75) is 213 Å². The van der Waals surface area contributed by atoms with E-state index in [1.54, 1.807) is 6.20 Å². The molecule has 8 heterocycles. The third kappa shape index (κ3) is 16.3. The van der Waals surface area contributed by atoms with Crippen molar-refractivity contribution in [2.75, 3.05) is 51.2 Å². The third-order valence-electron chi connectivity index (χ3n) is 18.3. The Morgan fingerprint density at radius 2 is 1.10 bits per heavy atom. The average Bonchev–Trinajstić information content (AvgIpc) is 1.94. The molecule has 11 rings (SSSR count). The van der Waals surface area contributed by atoms with Crippen molar-refractivity contribution in [3.05, 3.63) is 78.1 Å². The van der Waals surface area contributed by atoms with E-state index in [-0.39, 0.29) is 26.1 Å². The van der Waals surface area contributed by atoms with Gasteiger partial charge in [0.1, 0.15) is 91.0 Å². The number of aliphatic hydroxyl groups is 6. The first kappa shape index (κ1) is 67.6. The van der Waals surface area contributed by atoms with E-state index in [0.29, 0.717) is 18.7 Å². The van der Waals surface area contributed by atoms with Crippen LogP contribution in [0.15, 0.2) is 61.1 Å². The Labute approximate surface area is 532 Å². The number of hydrogen-bond donors (Lipinski definition) is 13. The van der Waals surface area contributed by atoms with Crippen LogP contribution >= 0.6 is 0 Å². The molecule has 0 spiro atoms. The van der Waals surface area contributed by atoms with Gasteiger partial charge in [-0.1, -0.05) is 41.3 Å². The molecule has 1 saturated carbocycles. The first-order valence-corrected chi connectivity index (χ1v) is 32.3. The maximum atomic E-state index is 12.0. The first-order valence-electron chi connectivity index (χ1n) is 32.3. The number of unbranched alkanes of at least 4 members (excludes halogenated alkanes) is 6. The van der Waals surface area contributed by atoms with Gasteiger partial charge in [-0.25, -0.2) is 9.67 Å². The molecular weight excluding hydrogens is 1190 g/mol. The molecule has 0 bridgehead atoms. The van der Waals surface area contributed by atoms with Gasteiger partial charge in [0.2, 0.25) is 0 Å². The molecule has 4 aliphatic heterocycles. The number of aromatic nitrogens is 11. The van der Waals surface area contributed by atoms with Crippen LogP contribution in [0.4, 0.5) is 5.69 Å². The predicted octanol–water partition coefficient (Wildman–Crippen LogP) is -2.93. The number of aliphatic hydroxyl groups excluding tert-OH is 6. The van der Waals surface area contributed by atoms with E-state index in [2.05, 4.69) is 71.0 Å². The topological polar surface area (TPSA) is 469 Å². The van der Waals surface area contributed by atoms with Gasteiger partial charge in [0.05, 0.1) is 53.4 Å². The molecule has 0 amide bonds. The van der Waals surface area contributed by atoms with Gasteiger partial charge in [-0.05, 0) is 94.5 Å². The second kappa shape index (κ2) is 31.2. The summed E-state index contributed by atoms with van der Waals surface area (Å²) < 4.78 is 48.3. The van der Waals surface area contributed by atoms with Crippen LogP contribution in [0.5, 0.6) is 5.75 Å². The lowest BCUT2D eigenvalue weighted by Gasteiger charge is -2.47. The Morgan fingerprint density at radius 1 is 0.554 bits per heavy atom. The number of imidazole rings is 1. The quantitative estimate of drug-likeness (QED) is 0.0209. The monoisotopic (exact) mass is 1290 g/mol. The minimum Gasteiger partial charge on any atom is -0.487 e. The highest BCUT2D eigenvalue weighted by molar-refractivity contribution is 5.83. The number of hydrogen-bond acceptors (Lipinski definition) is 28. The fraction of sp³-hybridized carbons (Fsp3) is 0.683. The van der Waals surface area contributed by atoms with Crippen molar-refractivity contribution >= 4 is 16.7 Å². The Kier molecular flexibility index (Phi) is 22.9. The lowest BCUT2D eigenvalue weighted by Crippen LogP contribution is -2.68. The zero-order valence-electron chi connectivity index (χ0n) is 52.0. The number of H-pyrrole nitrogens is 1. The van der Waals surface area contributed by atoms with Crippen molar-refractivity contribution in [3.8, 4) is 17.1 Å². The summed E-state index contributed by atoms with van der Waals surface area (Å²) >= 11 is 0. The first-order chi connectivity index (χ1) is 44.5. The SMILES string of the molecule is CN1CCN(c2ccc3nc(-c4ccc(OCc5cn(CCCCCCCCn6cc(CCCCc7cn(CC8OC(OC9[C@H](O[C@H]%10OC(CN)[C@@H](O)[C@H](O)C%10N)C(N)C[C@@H](N)[C@H]9O)[C@@H](O)[C@H]8O[C@H]8OC(CN)[C@@H](O)C(O)C8N)nn7)nn6)nn5)cc4)[nH]c3c2)CC1. The van der Waals surface area contributed by atoms with Crippen LogP contribution in [0.2, 0.25) is 0 Å². The van der Waals surface area contributed by atoms with Crippen LogP contribution in [0.1, 0.15) is 74.9 Å². The number of aromatic amines is 1. The van der Waals surface area contributed by atoms with Gasteiger partial charge in [-0.15, -0.1) is 15.3 Å². The summed E-state index contributed by atoms with van der Waals surface area (Å²) in [5.74, 6) is 1.58. The summed E-state index contributed by atoms with van der Waals surface area (Å²) in [6.07, 6.45) is -4.83. The van der Waals surface area contributed by atoms with Crippen LogP contribution in [0.3, 0.4) is 0 Å². The highest BCUT2D eigenvalue weighted by Crippen LogP contribution is 2.36. The van der Waals surface area contributed by atoms with Crippen LogP contribution in [-0.2, 0) is 67.5 Å². The van der Waals surface area contributed by atoms with E-state index in [0.717, 1.165) is 137 Å². The largest absolute Gasteiger partial charge is 0.487 e. The van der Waals surface area contributed by atoms with E-state index in [9.17, 15) is 30.6 Å². The number of benzene rings is 2. The van der Waals surface area contributed by atoms with Crippen molar-refractivity contribution in [1.82, 2.24) is 59.8 Å². The molecule has 1 aliphatic carbocycles. The number of nitrogens with two attached hydrogens (primary N) is 6. The van der Waals surface area contributed by atoms with Crippen molar-refractivity contribution in [1.29, 1.82) is 0 Å². The van der Waals surface area contributed by atoms with Gasteiger partial charge in [0, 0.05) is 88.1 Å². The van der Waals surface area contributed by atoms with Gasteiger partial charge >= 0.3 is 0 Å². The summed E-state index contributed by atoms with van der Waals surface area (Å²) in [5.41, 5.74) is 43.6. The molecule has 92 heavy (non-hydrogen) atoms. The lowest BCUT2D eigenvalue weighted by atomic mass is 9.84. The number of fused-ring (bicyclic) bond motifs is 1. The van der Waals surface area contributed by atoms with E-state index in [1.165, 1.54) is 10.4 Å². The van der Waals surface area contributed by atoms with Gasteiger partial charge in [0.15, 0.2) is 18.9 Å². The molecule has 6 aromatic rings. The highest BCUT2D eigenvalue weighted by atomic mass is 16.8. The molecule has 2 aromatic carbocycles. The lowest BCUT2D eigenvalue weighted by molar-refractivity contribution is -0.306. The van der Waals surface area contributed by atoms with Crippen LogP contribution in [-0.4, -0.2) is 253 Å². The minimum absolute atomic E-state index is 0.0332. The van der Waals surface area contributed by atoms with E-state index < -0.39 is 116 Å². The van der Waals surface area contributed by atoms with Gasteiger partial charge < -0.3 is 113 Å². The molecule has 4 saturated heterocycles. The summed E-state index contributed by atoms with van der Waals surface area (Å²) in [4.78, 5) is 13.1. The summed E-state index contributed by atoms with van der Waals surface area (Å²) in [5, 5.41) is 92.1. The van der Waals surface area contributed by atoms with E-state index in [4.69, 9.17) is 72.5 Å². The normalized spacial score (nSPS) is 32.3. The number of nitrogens with zero attached hydrogens (tertiary/aromatic N) is 12. The summed E-state index contributed by atoms with van der Waals surface area (Å²) in [7, 11) is 2.17. The molecule has 4 aromatic heterocycles. The average molecular weight is 1290 g/mol. The zero-order chi connectivity index (χ0) is 64.6. The molecular formula is C60H93N19O13. The van der Waals surface area contributed by atoms with Gasteiger partial charge in [-0.3, -0.25) is 9.36 Å². The third-order valence-corrected chi connectivity index (χ3v) is 18.3. The summed E-state index contributed by atoms with van der Waals surface area (Å²) in [6.45, 7) is 5.70. The van der Waals surface area contributed by atoms with E-state index in [1.807, 2.05) is 46.0 Å². The zero-order valence-corrected chi connectivity index (χ0v) is 52.0. The van der Waals surface area contributed by atoms with Gasteiger partial charge in [0.25, 0.3) is 0 Å². The Hall–Kier alpha value is -5.83. The molecule has 19 atom stereocenters. The van der Waals surface area contributed by atoms with E-state index >= 15 is 0 Å². The molecule has 19 N–H and O–H groups in total. The smallest absolute Gasteiger partial charge is 0.187 e. The predicted molar refractivity (Wildman–Crippen MR) is 331 cm³/mol. The van der Waals surface area contributed by atoms with Crippen molar-refractivity contribution in [3.63, 3.8) is 0 Å². The molecule has 32 heteroatoms. The molecule has 5 fully saturated rings. The Balaban J connectivity index is 0.587. The summed E-state index contributed by atoms with van der Waals surface area (Å²) in [6, 6.07) is 10.1. The van der Waals surface area contributed by atoms with Crippen LogP contribution < -0.4 is 44.0 Å². The van der Waals surface area contributed by atoms with Crippen LogP contribution in [0, 0.1) is 0 Å². The van der Waals surface area contributed by atoms with Gasteiger partial charge in [-0.2, -0.15) is 0 Å². The molecule has 0 radical (unpaired) electrons. The van der Waals surface area contributed by atoms with Crippen molar-refractivity contribution < 1.29 is 63.8 Å². The maximum Gasteiger partial charge on any atom is 0.187 e. The fourth-order valence-corrected chi connectivity index (χ4v) is 12.7. The standard InChI is InChI=1S/C60H93N19O13/c1-75-20-22-76(23-21-75)37-14-17-41-42(24-37)68-57(67-41)33-12-15-38(16-13-33)86-32-36-30-78(73-71-36)19-9-5-3-2-4-8-18-77-28-34(69-72-77)10-6-7-11-35-29-79(74-70-35)31-45-55(91-59-47(66)52(84)50(82)44(27-62)88-59)53(85)60(89-45)92-56-48(80)39(63)25-40(64)54(56)90-58-46(65)51(83)49(81)43(26-61)87-58/h12-17,24,28-30,39-40,43-56,58-60,80-85H,2-11,18-23,25-27,31-32,61-66H2,1H3,(H,67,68)/t39-,40?,43?,44?,45?,46?,47?,48-,49-,50-,51-,52?,53+,54-,55+,56?,58-,59-,60?/m1/s1. The fourth-order valence-electron chi connectivity index (χ4n) is 12.7. The molecule has 32 nitrogen and oxygen atoms in total. The highest BCUT2D eigenvalue weighted by Gasteiger charge is 2.55. The number of aryl methyl sites for hydroxylation is 4. The number of rotatable bonds is 29. The number of piperazine rings is 1. The number of ether oxygens (including phenoxy) is 7. The number of anilines is 1. The second-order valence-electron chi connectivity index (χ2n) is 25.2. The maximum absolute atomic E-state index is 12.0. The minimum atomic E-state index is -1.61. The Bertz CT molecular complexity index is 3220. The molecule has 506 valence electrons. The second-order valence-corrected chi connectivity index (χ2v) is 25.2. The van der Waals surface area contributed by atoms with Crippen molar-refractivity contribution in [2.24, 2.45) is 34.4 Å². The Morgan fingerprint density at radius 3 is 1.72 bits per heavy atom.